The van der Waals surface area contributed by atoms with Gasteiger partial charge in [-0.15, -0.1) is 0 Å². The van der Waals surface area contributed by atoms with Crippen LogP contribution in [0.1, 0.15) is 0 Å². The van der Waals surface area contributed by atoms with E-state index in [0.717, 1.165) is 0 Å². The van der Waals surface area contributed by atoms with Crippen LogP contribution in [0, 0.1) is 0 Å². The topological polar surface area (TPSA) is 51.7 Å². The van der Waals surface area contributed by atoms with E-state index in [9.17, 15) is 0 Å². The molecule has 0 atom stereocenters. The molecule has 0 amide bonds. The molecule has 0 aliphatic rings. The molecule has 0 heterocycles. The van der Waals surface area contributed by atoms with E-state index in [1.165, 1.54) is 0 Å². The Morgan fingerprint density at radius 3 is 1.20 bits per heavy atom. The Hall–Kier alpha value is 2.00. The first-order valence-electron chi connectivity index (χ1n) is 0.169. The molecule has 5 heavy (non-hydrogen) atoms. The van der Waals surface area contributed by atoms with Crippen molar-refractivity contribution in [3.8, 4) is 0 Å². The van der Waals surface area contributed by atoms with Crippen LogP contribution in [-0.4, -0.2) is 65.2 Å². The van der Waals surface area contributed by atoms with E-state index in [0.29, 0.717) is 0 Å². The fourth-order valence-corrected chi connectivity index (χ4v) is 0. The van der Waals surface area contributed by atoms with E-state index < -0.39 is 0 Å². The predicted molar refractivity (Wildman–Crippen MR) is 30.2 cm³/mol. The second-order valence-electron chi connectivity index (χ2n) is 0. The van der Waals surface area contributed by atoms with Crippen LogP contribution in [0.3, 0.4) is 0 Å². The Balaban J connectivity index is -0.00000000167. The van der Waals surface area contributed by atoms with Gasteiger partial charge in [0.05, 0.1) is 11.9 Å². The molecule has 0 bridgehead atoms. The van der Waals surface area contributed by atoms with Gasteiger partial charge in [0, 0.05) is 0 Å². The first kappa shape index (κ1) is 28.0. The molecule has 0 fully saturated rings. The fourth-order valence-electron chi connectivity index (χ4n) is 0. The summed E-state index contributed by atoms with van der Waals surface area (Å²) in [5.74, 6) is 0. The molecule has 0 aliphatic heterocycles. The summed E-state index contributed by atoms with van der Waals surface area (Å²) < 4.78 is 6.47. The van der Waals surface area contributed by atoms with E-state index in [-0.39, 0.29) is 60.6 Å². The summed E-state index contributed by atoms with van der Waals surface area (Å²) in [5.41, 5.74) is 0. The maximum absolute atomic E-state index is 6.47. The molecular weight excluding hydrogens is 135 g/mol. The third-order valence-corrected chi connectivity index (χ3v) is 0. The molecule has 0 saturated heterocycles. The van der Waals surface area contributed by atoms with Crippen LogP contribution >= 0.6 is 11.9 Å². The summed E-state index contributed by atoms with van der Waals surface area (Å²) in [7, 11) is 0. The Morgan fingerprint density at radius 2 is 1.20 bits per heavy atom. The minimum absolute atomic E-state index is 0. The third-order valence-electron chi connectivity index (χ3n) is 0. The van der Waals surface area contributed by atoms with Gasteiger partial charge < -0.3 is 5.48 Å². The van der Waals surface area contributed by atoms with Crippen molar-refractivity contribution in [3.63, 3.8) is 0 Å². The van der Waals surface area contributed by atoms with E-state index in [1.54, 1.807) is 0 Å². The first-order valence-corrected chi connectivity index (χ1v) is 0.507. The Bertz CT molecular complexity index is 9.61. The average molecular weight is 143 g/mol. The van der Waals surface area contributed by atoms with Crippen LogP contribution in [0.25, 0.3) is 0 Å². The van der Waals surface area contributed by atoms with Crippen LogP contribution in [0.2, 0.25) is 0 Å². The molecule has 0 rings (SSSR count). The molecule has 0 radical (unpaired) electrons. The summed E-state index contributed by atoms with van der Waals surface area (Å²) in [5, 5.41) is 0. The van der Waals surface area contributed by atoms with Crippen molar-refractivity contribution >= 4 is 67.0 Å². The van der Waals surface area contributed by atoms with Gasteiger partial charge in [0.2, 0.25) is 0 Å². The molecule has 0 unspecified atom stereocenters. The molecule has 0 aromatic rings. The van der Waals surface area contributed by atoms with E-state index in [4.69, 9.17) is 4.66 Å². The molecule has 0 aromatic carbocycles. The van der Waals surface area contributed by atoms with Gasteiger partial charge in [0.25, 0.3) is 0 Å². The summed E-state index contributed by atoms with van der Waals surface area (Å²) in [6, 6.07) is 0. The standard InChI is InChI=1S/Al.Ca.ClHO.H2O.5H/c;;1-2;;;;;;/h;;2H;1H2;;;;;. The third kappa shape index (κ3) is 24.0. The summed E-state index contributed by atoms with van der Waals surface area (Å²) in [6.07, 6.45) is 0. The van der Waals surface area contributed by atoms with Gasteiger partial charge in [-0.25, -0.2) is 0 Å². The first-order chi connectivity index (χ1) is 1.00. The zero-order chi connectivity index (χ0) is 2.00. The molecular formula is H8AlCaClO2. The van der Waals surface area contributed by atoms with Crippen molar-refractivity contribution in [3.05, 3.63) is 0 Å². The minimum atomic E-state index is 0. The van der Waals surface area contributed by atoms with Crippen LogP contribution in [-0.2, 0) is 0 Å². The number of hydrogen-bond acceptors (Lipinski definition) is 1. The van der Waals surface area contributed by atoms with Crippen molar-refractivity contribution in [1.82, 2.24) is 0 Å². The average Bonchev–Trinajstić information content (AvgIpc) is 1.00. The van der Waals surface area contributed by atoms with Gasteiger partial charge in [-0.3, -0.25) is 4.66 Å². The van der Waals surface area contributed by atoms with E-state index >= 15 is 0 Å². The van der Waals surface area contributed by atoms with Crippen LogP contribution in [0.5, 0.6) is 0 Å². The second kappa shape index (κ2) is 37.5. The van der Waals surface area contributed by atoms with Crippen LogP contribution in [0.15, 0.2) is 0 Å². The summed E-state index contributed by atoms with van der Waals surface area (Å²) >= 11 is 3.64. The molecule has 0 aromatic heterocycles. The summed E-state index contributed by atoms with van der Waals surface area (Å²) in [6.45, 7) is 0. The Kier molecular flexibility index (Phi) is 210. The molecule has 32 valence electrons. The molecule has 0 spiro atoms. The Labute approximate surface area is 76.1 Å². The number of rotatable bonds is 0. The van der Waals surface area contributed by atoms with Gasteiger partial charge >= 0.3 is 37.7 Å². The SMILES string of the molecule is O.OCl.[AlH3].[CaH2]. The molecule has 3 N–H and O–H groups in total. The zero-order valence-corrected chi connectivity index (χ0v) is 2.08. The monoisotopic (exact) mass is 142 g/mol. The summed E-state index contributed by atoms with van der Waals surface area (Å²) in [4.78, 5) is 0. The Morgan fingerprint density at radius 1 is 1.20 bits per heavy atom. The van der Waals surface area contributed by atoms with E-state index in [1.807, 2.05) is 0 Å². The maximum atomic E-state index is 6.47. The number of hydrogen-bond donors (Lipinski definition) is 1. The quantitative estimate of drug-likeness (QED) is 0.365. The molecule has 5 heteroatoms. The van der Waals surface area contributed by atoms with Crippen molar-refractivity contribution < 1.29 is 10.1 Å². The van der Waals surface area contributed by atoms with Gasteiger partial charge in [0.15, 0.2) is 17.4 Å². The van der Waals surface area contributed by atoms with Gasteiger partial charge in [-0.05, 0) is 0 Å². The van der Waals surface area contributed by atoms with Crippen LogP contribution < -0.4 is 0 Å². The zero-order valence-electron chi connectivity index (χ0n) is 1.33. The van der Waals surface area contributed by atoms with E-state index in [2.05, 4.69) is 11.9 Å². The fraction of sp³-hybridized carbons (Fsp3) is 0. The van der Waals surface area contributed by atoms with Crippen molar-refractivity contribution in [1.29, 1.82) is 0 Å². The normalized spacial score (nSPS) is 1.20. The molecule has 0 aliphatic carbocycles. The van der Waals surface area contributed by atoms with Gasteiger partial charge in [-0.2, -0.15) is 0 Å². The van der Waals surface area contributed by atoms with Crippen molar-refractivity contribution in [2.24, 2.45) is 0 Å². The number of halogens is 1. The van der Waals surface area contributed by atoms with Crippen LogP contribution in [0.4, 0.5) is 0 Å². The molecule has 0 saturated carbocycles. The van der Waals surface area contributed by atoms with Gasteiger partial charge in [-0.1, -0.05) is 0 Å². The van der Waals surface area contributed by atoms with Gasteiger partial charge in [0.1, 0.15) is 0 Å². The molecule has 2 nitrogen and oxygen atoms in total. The second-order valence-corrected chi connectivity index (χ2v) is 0. The van der Waals surface area contributed by atoms with Crippen molar-refractivity contribution in [2.45, 2.75) is 0 Å². The predicted octanol–water partition coefficient (Wildman–Crippen LogP) is -2.79. The van der Waals surface area contributed by atoms with Crippen molar-refractivity contribution in [2.75, 3.05) is 0 Å².